The molecular formula is C19H23F2N3O. The molecule has 1 atom stereocenters. The van der Waals surface area contributed by atoms with Gasteiger partial charge in [-0.05, 0) is 43.5 Å². The van der Waals surface area contributed by atoms with Crippen molar-refractivity contribution < 1.29 is 13.5 Å². The van der Waals surface area contributed by atoms with Crippen LogP contribution in [0.5, 0.6) is 5.75 Å². The molecule has 0 bridgehead atoms. The lowest BCUT2D eigenvalue weighted by molar-refractivity contribution is 0.0926. The van der Waals surface area contributed by atoms with Crippen LogP contribution in [0.4, 0.5) is 8.78 Å². The van der Waals surface area contributed by atoms with Crippen LogP contribution in [0.25, 0.3) is 11.3 Å². The van der Waals surface area contributed by atoms with Crippen molar-refractivity contribution in [2.45, 2.75) is 38.7 Å². The highest BCUT2D eigenvalue weighted by Crippen LogP contribution is 2.33. The van der Waals surface area contributed by atoms with E-state index in [2.05, 4.69) is 29.1 Å². The first-order valence-electron chi connectivity index (χ1n) is 8.55. The van der Waals surface area contributed by atoms with Gasteiger partial charge in [-0.25, -0.2) is 8.78 Å². The fourth-order valence-electron chi connectivity index (χ4n) is 3.30. The van der Waals surface area contributed by atoms with Crippen LogP contribution in [-0.2, 0) is 0 Å². The van der Waals surface area contributed by atoms with Crippen LogP contribution in [0.15, 0.2) is 36.8 Å². The predicted octanol–water partition coefficient (Wildman–Crippen LogP) is 4.24. The number of halogens is 2. The summed E-state index contributed by atoms with van der Waals surface area (Å²) in [5, 5.41) is 3.43. The second kappa shape index (κ2) is 7.44. The van der Waals surface area contributed by atoms with Crippen LogP contribution in [0, 0.1) is 5.92 Å². The third kappa shape index (κ3) is 4.12. The molecule has 2 aromatic heterocycles. The Bertz CT molecular complexity index is 703. The van der Waals surface area contributed by atoms with Gasteiger partial charge < -0.3 is 10.1 Å². The van der Waals surface area contributed by atoms with Gasteiger partial charge in [0.15, 0.2) is 0 Å². The molecular weight excluding hydrogens is 324 g/mol. The molecule has 1 N–H and O–H groups in total. The van der Waals surface area contributed by atoms with E-state index in [4.69, 9.17) is 4.74 Å². The number of aromatic nitrogens is 2. The number of alkyl halides is 2. The molecule has 4 nitrogen and oxygen atoms in total. The van der Waals surface area contributed by atoms with E-state index in [1.165, 1.54) is 12.3 Å². The molecule has 1 unspecified atom stereocenters. The van der Waals surface area contributed by atoms with Crippen molar-refractivity contribution in [1.29, 1.82) is 0 Å². The maximum atomic E-state index is 13.5. The smallest absolute Gasteiger partial charge is 0.266 e. The van der Waals surface area contributed by atoms with Crippen molar-refractivity contribution >= 4 is 0 Å². The molecule has 0 aromatic carbocycles. The first kappa shape index (κ1) is 17.7. The lowest BCUT2D eigenvalue weighted by atomic mass is 9.81. The number of pyridine rings is 2. The maximum Gasteiger partial charge on any atom is 0.266 e. The van der Waals surface area contributed by atoms with Gasteiger partial charge in [0.25, 0.3) is 6.43 Å². The number of nitrogens with zero attached hydrogens (tertiary/aromatic N) is 2. The van der Waals surface area contributed by atoms with E-state index in [0.29, 0.717) is 23.8 Å². The number of rotatable bonds is 7. The quantitative estimate of drug-likeness (QED) is 0.814. The zero-order valence-electron chi connectivity index (χ0n) is 14.5. The minimum absolute atomic E-state index is 0.0526. The number of hydrogen-bond acceptors (Lipinski definition) is 4. The van der Waals surface area contributed by atoms with E-state index in [0.717, 1.165) is 19.4 Å². The van der Waals surface area contributed by atoms with Crippen LogP contribution in [0.1, 0.15) is 38.7 Å². The highest BCUT2D eigenvalue weighted by Gasteiger charge is 2.37. The lowest BCUT2D eigenvalue weighted by Gasteiger charge is -2.44. The summed E-state index contributed by atoms with van der Waals surface area (Å²) in [6.07, 6.45) is 4.06. The van der Waals surface area contributed by atoms with Crippen molar-refractivity contribution in [2.24, 2.45) is 5.92 Å². The van der Waals surface area contributed by atoms with Crippen molar-refractivity contribution in [2.75, 3.05) is 13.2 Å². The summed E-state index contributed by atoms with van der Waals surface area (Å²) in [4.78, 5) is 8.13. The fourth-order valence-corrected chi connectivity index (χ4v) is 3.30. The first-order valence-corrected chi connectivity index (χ1v) is 8.55. The Morgan fingerprint density at radius 2 is 2.00 bits per heavy atom. The molecule has 1 fully saturated rings. The summed E-state index contributed by atoms with van der Waals surface area (Å²) in [5.74, 6) is 0.921. The SMILES string of the molecule is CC(C)CC1(COc2cnc(-c3ccncc3)c(C(F)F)c2)CCN1. The molecule has 2 aromatic rings. The zero-order valence-corrected chi connectivity index (χ0v) is 14.5. The lowest BCUT2D eigenvalue weighted by Crippen LogP contribution is -2.61. The van der Waals surface area contributed by atoms with E-state index < -0.39 is 6.43 Å². The minimum atomic E-state index is -2.62. The van der Waals surface area contributed by atoms with Gasteiger partial charge in [-0.3, -0.25) is 9.97 Å². The van der Waals surface area contributed by atoms with E-state index in [9.17, 15) is 8.78 Å². The minimum Gasteiger partial charge on any atom is -0.490 e. The summed E-state index contributed by atoms with van der Waals surface area (Å²) < 4.78 is 32.8. The van der Waals surface area contributed by atoms with Gasteiger partial charge in [0.05, 0.1) is 17.4 Å². The Morgan fingerprint density at radius 1 is 1.28 bits per heavy atom. The average Bonchev–Trinajstić information content (AvgIpc) is 2.57. The molecule has 3 heterocycles. The molecule has 134 valence electrons. The Labute approximate surface area is 146 Å². The second-order valence-electron chi connectivity index (χ2n) is 6.99. The van der Waals surface area contributed by atoms with Crippen LogP contribution < -0.4 is 10.1 Å². The van der Waals surface area contributed by atoms with Crippen LogP contribution in [-0.4, -0.2) is 28.7 Å². The molecule has 0 amide bonds. The average molecular weight is 347 g/mol. The number of ether oxygens (including phenoxy) is 1. The van der Waals surface area contributed by atoms with Crippen LogP contribution >= 0.6 is 0 Å². The number of nitrogens with one attached hydrogen (secondary N) is 1. The van der Waals surface area contributed by atoms with E-state index in [1.807, 2.05) is 0 Å². The van der Waals surface area contributed by atoms with Crippen LogP contribution in [0.3, 0.4) is 0 Å². The van der Waals surface area contributed by atoms with E-state index >= 15 is 0 Å². The topological polar surface area (TPSA) is 47.0 Å². The van der Waals surface area contributed by atoms with Gasteiger partial charge in [-0.1, -0.05) is 13.8 Å². The molecule has 0 saturated carbocycles. The first-order chi connectivity index (χ1) is 12.0. The molecule has 1 aliphatic rings. The highest BCUT2D eigenvalue weighted by molar-refractivity contribution is 5.63. The van der Waals surface area contributed by atoms with Crippen molar-refractivity contribution in [3.05, 3.63) is 42.4 Å². The monoisotopic (exact) mass is 347 g/mol. The molecule has 25 heavy (non-hydrogen) atoms. The standard InChI is InChI=1S/C19H23F2N3O/c1-13(2)10-19(5-8-24-19)12-25-15-9-16(18(20)21)17(23-11-15)14-3-6-22-7-4-14/h3-4,6-7,9,11,13,18,24H,5,8,10,12H2,1-2H3. The molecule has 6 heteroatoms. The molecule has 3 rings (SSSR count). The zero-order chi connectivity index (χ0) is 17.9. The van der Waals surface area contributed by atoms with Crippen molar-refractivity contribution in [3.8, 4) is 17.0 Å². The normalized spacial score (nSPS) is 19.9. The van der Waals surface area contributed by atoms with Crippen molar-refractivity contribution in [3.63, 3.8) is 0 Å². The molecule has 1 saturated heterocycles. The Balaban J connectivity index is 1.78. The molecule has 0 aliphatic carbocycles. The van der Waals surface area contributed by atoms with E-state index in [1.54, 1.807) is 24.5 Å². The van der Waals surface area contributed by atoms with Gasteiger partial charge in [0, 0.05) is 23.5 Å². The van der Waals surface area contributed by atoms with Crippen LogP contribution in [0.2, 0.25) is 0 Å². The third-order valence-electron chi connectivity index (χ3n) is 4.50. The van der Waals surface area contributed by atoms with Gasteiger partial charge in [0.1, 0.15) is 12.4 Å². The highest BCUT2D eigenvalue weighted by atomic mass is 19.3. The second-order valence-corrected chi connectivity index (χ2v) is 6.99. The summed E-state index contributed by atoms with van der Waals surface area (Å²) in [6.45, 7) is 5.77. The molecule has 1 aliphatic heterocycles. The predicted molar refractivity (Wildman–Crippen MR) is 92.7 cm³/mol. The summed E-state index contributed by atoms with van der Waals surface area (Å²) >= 11 is 0. The Morgan fingerprint density at radius 3 is 2.56 bits per heavy atom. The van der Waals surface area contributed by atoms with Crippen molar-refractivity contribution in [1.82, 2.24) is 15.3 Å². The van der Waals surface area contributed by atoms with Gasteiger partial charge >= 0.3 is 0 Å². The molecule has 0 spiro atoms. The Kier molecular flexibility index (Phi) is 5.27. The third-order valence-corrected chi connectivity index (χ3v) is 4.50. The van der Waals surface area contributed by atoms with Gasteiger partial charge in [0.2, 0.25) is 0 Å². The Hall–Kier alpha value is -2.08. The summed E-state index contributed by atoms with van der Waals surface area (Å²) in [5.41, 5.74) is 0.712. The molecule has 0 radical (unpaired) electrons. The number of hydrogen-bond donors (Lipinski definition) is 1. The fraction of sp³-hybridized carbons (Fsp3) is 0.474. The van der Waals surface area contributed by atoms with Gasteiger partial charge in [-0.2, -0.15) is 0 Å². The van der Waals surface area contributed by atoms with Gasteiger partial charge in [-0.15, -0.1) is 0 Å². The largest absolute Gasteiger partial charge is 0.490 e. The summed E-state index contributed by atoms with van der Waals surface area (Å²) in [7, 11) is 0. The van der Waals surface area contributed by atoms with E-state index in [-0.39, 0.29) is 16.8 Å². The maximum absolute atomic E-state index is 13.5. The summed E-state index contributed by atoms with van der Waals surface area (Å²) in [6, 6.07) is 4.74.